The lowest BCUT2D eigenvalue weighted by Crippen LogP contribution is -2.47. The maximum absolute atomic E-state index is 13.7. The summed E-state index contributed by atoms with van der Waals surface area (Å²) in [6.07, 6.45) is 0. The van der Waals surface area contributed by atoms with Gasteiger partial charge in [-0.1, -0.05) is 12.1 Å². The molecule has 0 aliphatic carbocycles. The summed E-state index contributed by atoms with van der Waals surface area (Å²) in [6.45, 7) is 6.62. The van der Waals surface area contributed by atoms with E-state index in [1.54, 1.807) is 6.07 Å². The summed E-state index contributed by atoms with van der Waals surface area (Å²) in [7, 11) is 0. The molecule has 2 amide bonds. The number of carbonyl (C=O) groups is 2. The molecule has 19 heavy (non-hydrogen) atoms. The lowest BCUT2D eigenvalue weighted by atomic mass is 10.1. The summed E-state index contributed by atoms with van der Waals surface area (Å²) in [5.41, 5.74) is -0.284. The molecule has 0 saturated heterocycles. The maximum atomic E-state index is 13.7. The number of rotatable bonds is 3. The first-order valence-corrected chi connectivity index (χ1v) is 6.04. The highest BCUT2D eigenvalue weighted by atomic mass is 19.1. The number of carbonyl (C=O) groups excluding carboxylic acids is 2. The second-order valence-corrected chi connectivity index (χ2v) is 5.35. The van der Waals surface area contributed by atoms with Crippen LogP contribution in [0.2, 0.25) is 0 Å². The van der Waals surface area contributed by atoms with Crippen molar-refractivity contribution in [2.24, 2.45) is 0 Å². The van der Waals surface area contributed by atoms with Crippen molar-refractivity contribution in [1.29, 1.82) is 0 Å². The molecule has 0 spiro atoms. The molecule has 0 aliphatic rings. The van der Waals surface area contributed by atoms with E-state index < -0.39 is 11.4 Å². The van der Waals surface area contributed by atoms with E-state index in [0.717, 1.165) is 4.90 Å². The highest BCUT2D eigenvalue weighted by Crippen LogP contribution is 2.18. The standard InChI is InChI=1S/C14H19FN2O2/c1-10(18)17(9-13(19)16-14(2,3)4)12-8-6-5-7-11(12)15/h5-8H,9H2,1-4H3,(H,16,19). The molecule has 0 bridgehead atoms. The average Bonchev–Trinajstić information content (AvgIpc) is 2.24. The van der Waals surface area contributed by atoms with Crippen molar-refractivity contribution in [2.45, 2.75) is 33.2 Å². The van der Waals surface area contributed by atoms with Crippen LogP contribution in [0.5, 0.6) is 0 Å². The fourth-order valence-corrected chi connectivity index (χ4v) is 1.64. The van der Waals surface area contributed by atoms with Crippen molar-refractivity contribution in [3.05, 3.63) is 30.1 Å². The molecule has 0 heterocycles. The topological polar surface area (TPSA) is 49.4 Å². The molecule has 0 atom stereocenters. The van der Waals surface area contributed by atoms with Crippen molar-refractivity contribution in [1.82, 2.24) is 5.32 Å². The van der Waals surface area contributed by atoms with Gasteiger partial charge in [0.2, 0.25) is 11.8 Å². The van der Waals surface area contributed by atoms with Crippen molar-refractivity contribution < 1.29 is 14.0 Å². The van der Waals surface area contributed by atoms with Crippen LogP contribution >= 0.6 is 0 Å². The van der Waals surface area contributed by atoms with E-state index in [2.05, 4.69) is 5.32 Å². The predicted molar refractivity (Wildman–Crippen MR) is 72.3 cm³/mol. The number of hydrogen-bond acceptors (Lipinski definition) is 2. The highest BCUT2D eigenvalue weighted by molar-refractivity contribution is 5.97. The molecule has 0 saturated carbocycles. The number of anilines is 1. The Kier molecular flexibility index (Phi) is 4.64. The Hall–Kier alpha value is -1.91. The number of nitrogens with zero attached hydrogens (tertiary/aromatic N) is 1. The second kappa shape index (κ2) is 5.82. The van der Waals surface area contributed by atoms with Gasteiger partial charge >= 0.3 is 0 Å². The Morgan fingerprint density at radius 2 is 1.84 bits per heavy atom. The maximum Gasteiger partial charge on any atom is 0.240 e. The SMILES string of the molecule is CC(=O)N(CC(=O)NC(C)(C)C)c1ccccc1F. The van der Waals surface area contributed by atoms with Gasteiger partial charge in [-0.25, -0.2) is 4.39 Å². The van der Waals surface area contributed by atoms with Gasteiger partial charge in [-0.3, -0.25) is 9.59 Å². The Morgan fingerprint density at radius 3 is 2.32 bits per heavy atom. The summed E-state index contributed by atoms with van der Waals surface area (Å²) in [5.74, 6) is -1.23. The molecule has 0 radical (unpaired) electrons. The molecule has 1 aromatic carbocycles. The van der Waals surface area contributed by atoms with Gasteiger partial charge in [0.25, 0.3) is 0 Å². The largest absolute Gasteiger partial charge is 0.350 e. The summed E-state index contributed by atoms with van der Waals surface area (Å²) in [4.78, 5) is 24.5. The van der Waals surface area contributed by atoms with E-state index in [1.165, 1.54) is 25.1 Å². The molecule has 1 rings (SSSR count). The highest BCUT2D eigenvalue weighted by Gasteiger charge is 2.21. The number of amides is 2. The lowest BCUT2D eigenvalue weighted by molar-refractivity contribution is -0.124. The molecule has 4 nitrogen and oxygen atoms in total. The van der Waals surface area contributed by atoms with Crippen LogP contribution in [-0.4, -0.2) is 23.9 Å². The first-order valence-electron chi connectivity index (χ1n) is 6.04. The van der Waals surface area contributed by atoms with Crippen LogP contribution in [0.3, 0.4) is 0 Å². The van der Waals surface area contributed by atoms with E-state index in [1.807, 2.05) is 20.8 Å². The molecule has 0 aromatic heterocycles. The first-order chi connectivity index (χ1) is 8.70. The molecule has 0 fully saturated rings. The minimum Gasteiger partial charge on any atom is -0.350 e. The number of hydrogen-bond donors (Lipinski definition) is 1. The van der Waals surface area contributed by atoms with Crippen LogP contribution in [-0.2, 0) is 9.59 Å². The summed E-state index contributed by atoms with van der Waals surface area (Å²) < 4.78 is 13.7. The predicted octanol–water partition coefficient (Wildman–Crippen LogP) is 2.09. The minimum atomic E-state index is -0.527. The Morgan fingerprint density at radius 1 is 1.26 bits per heavy atom. The average molecular weight is 266 g/mol. The number of para-hydroxylation sites is 1. The van der Waals surface area contributed by atoms with Crippen LogP contribution in [0.15, 0.2) is 24.3 Å². The minimum absolute atomic E-state index is 0.110. The molecular weight excluding hydrogens is 247 g/mol. The zero-order valence-electron chi connectivity index (χ0n) is 11.7. The van der Waals surface area contributed by atoms with Crippen LogP contribution in [0.4, 0.5) is 10.1 Å². The van der Waals surface area contributed by atoms with Gasteiger partial charge < -0.3 is 10.2 Å². The fourth-order valence-electron chi connectivity index (χ4n) is 1.64. The van der Waals surface area contributed by atoms with Crippen LogP contribution in [0.1, 0.15) is 27.7 Å². The molecule has 104 valence electrons. The van der Waals surface area contributed by atoms with E-state index in [9.17, 15) is 14.0 Å². The Labute approximate surface area is 112 Å². The third kappa shape index (κ3) is 4.69. The van der Waals surface area contributed by atoms with Gasteiger partial charge in [0, 0.05) is 12.5 Å². The molecule has 5 heteroatoms. The van der Waals surface area contributed by atoms with E-state index in [4.69, 9.17) is 0 Å². The van der Waals surface area contributed by atoms with E-state index >= 15 is 0 Å². The van der Waals surface area contributed by atoms with Gasteiger partial charge in [0.15, 0.2) is 0 Å². The zero-order chi connectivity index (χ0) is 14.6. The molecule has 0 aliphatic heterocycles. The van der Waals surface area contributed by atoms with Gasteiger partial charge in [-0.2, -0.15) is 0 Å². The van der Waals surface area contributed by atoms with Gasteiger partial charge in [-0.15, -0.1) is 0 Å². The van der Waals surface area contributed by atoms with Crippen LogP contribution < -0.4 is 10.2 Å². The molecule has 1 aromatic rings. The molecule has 0 unspecified atom stereocenters. The van der Waals surface area contributed by atoms with Crippen molar-refractivity contribution >= 4 is 17.5 Å². The third-order valence-corrected chi connectivity index (χ3v) is 2.34. The monoisotopic (exact) mass is 266 g/mol. The number of halogens is 1. The van der Waals surface area contributed by atoms with Crippen LogP contribution in [0, 0.1) is 5.82 Å². The molecular formula is C14H19FN2O2. The molecule has 1 N–H and O–H groups in total. The number of nitrogens with one attached hydrogen (secondary N) is 1. The summed E-state index contributed by atoms with van der Waals surface area (Å²) in [6, 6.07) is 5.89. The quantitative estimate of drug-likeness (QED) is 0.910. The van der Waals surface area contributed by atoms with Crippen molar-refractivity contribution in [3.8, 4) is 0 Å². The van der Waals surface area contributed by atoms with E-state index in [0.29, 0.717) is 0 Å². The lowest BCUT2D eigenvalue weighted by Gasteiger charge is -2.25. The Bertz CT molecular complexity index is 481. The van der Waals surface area contributed by atoms with Gasteiger partial charge in [0.1, 0.15) is 12.4 Å². The smallest absolute Gasteiger partial charge is 0.240 e. The third-order valence-electron chi connectivity index (χ3n) is 2.34. The number of benzene rings is 1. The normalized spacial score (nSPS) is 11.0. The summed E-state index contributed by atoms with van der Waals surface area (Å²) >= 11 is 0. The second-order valence-electron chi connectivity index (χ2n) is 5.35. The van der Waals surface area contributed by atoms with E-state index in [-0.39, 0.29) is 24.0 Å². The van der Waals surface area contributed by atoms with Crippen molar-refractivity contribution in [2.75, 3.05) is 11.4 Å². The van der Waals surface area contributed by atoms with Crippen LogP contribution in [0.25, 0.3) is 0 Å². The van der Waals surface area contributed by atoms with Gasteiger partial charge in [0.05, 0.1) is 5.69 Å². The fraction of sp³-hybridized carbons (Fsp3) is 0.429. The summed E-state index contributed by atoms with van der Waals surface area (Å²) in [5, 5.41) is 2.74. The first kappa shape index (κ1) is 15.1. The zero-order valence-corrected chi connectivity index (χ0v) is 11.7. The van der Waals surface area contributed by atoms with Gasteiger partial charge in [-0.05, 0) is 32.9 Å². The Balaban J connectivity index is 2.89. The van der Waals surface area contributed by atoms with Crippen molar-refractivity contribution in [3.63, 3.8) is 0 Å².